The smallest absolute Gasteiger partial charge is 0.319 e. The largest absolute Gasteiger partial charge is 0.331 e. The number of amides is 2. The van der Waals surface area contributed by atoms with Gasteiger partial charge in [0.05, 0.1) is 12.2 Å². The van der Waals surface area contributed by atoms with E-state index in [1.807, 2.05) is 55.5 Å². The molecule has 2 N–H and O–H groups in total. The van der Waals surface area contributed by atoms with Crippen LogP contribution in [0.3, 0.4) is 0 Å². The molecule has 0 bridgehead atoms. The van der Waals surface area contributed by atoms with Crippen LogP contribution in [0, 0.1) is 6.92 Å². The van der Waals surface area contributed by atoms with E-state index in [0.29, 0.717) is 6.54 Å². The number of benzene rings is 2. The molecular formula is C19H19N3OS. The van der Waals surface area contributed by atoms with E-state index in [0.717, 1.165) is 22.8 Å². The lowest BCUT2D eigenvalue weighted by Crippen LogP contribution is -2.28. The minimum Gasteiger partial charge on any atom is -0.331 e. The molecule has 0 aliphatic heterocycles. The SMILES string of the molecule is Cc1nc(CNC(=O)Nc2ccccc2)sc1Cc1ccccc1. The number of aryl methyl sites for hydroxylation is 1. The van der Waals surface area contributed by atoms with Crippen LogP contribution in [0.15, 0.2) is 60.7 Å². The molecule has 2 aromatic carbocycles. The summed E-state index contributed by atoms with van der Waals surface area (Å²) in [7, 11) is 0. The van der Waals surface area contributed by atoms with Crippen molar-refractivity contribution in [2.75, 3.05) is 5.32 Å². The van der Waals surface area contributed by atoms with Crippen molar-refractivity contribution >= 4 is 23.1 Å². The van der Waals surface area contributed by atoms with Gasteiger partial charge in [-0.15, -0.1) is 11.3 Å². The predicted octanol–water partition coefficient (Wildman–Crippen LogP) is 4.36. The summed E-state index contributed by atoms with van der Waals surface area (Å²) in [6.45, 7) is 2.45. The van der Waals surface area contributed by atoms with Crippen molar-refractivity contribution in [3.63, 3.8) is 0 Å². The lowest BCUT2D eigenvalue weighted by atomic mass is 10.1. The molecule has 122 valence electrons. The lowest BCUT2D eigenvalue weighted by molar-refractivity contribution is 0.251. The normalized spacial score (nSPS) is 10.4. The third kappa shape index (κ3) is 4.43. The molecule has 0 saturated heterocycles. The summed E-state index contributed by atoms with van der Waals surface area (Å²) in [6, 6.07) is 19.5. The number of rotatable bonds is 5. The van der Waals surface area contributed by atoms with Crippen molar-refractivity contribution in [3.05, 3.63) is 81.8 Å². The Morgan fingerprint density at radius 2 is 1.71 bits per heavy atom. The number of aromatic nitrogens is 1. The number of hydrogen-bond acceptors (Lipinski definition) is 3. The summed E-state index contributed by atoms with van der Waals surface area (Å²) in [5, 5.41) is 6.57. The molecular weight excluding hydrogens is 318 g/mol. The number of nitrogens with one attached hydrogen (secondary N) is 2. The third-order valence-corrected chi connectivity index (χ3v) is 4.73. The molecule has 0 unspecified atom stereocenters. The molecule has 0 fully saturated rings. The van der Waals surface area contributed by atoms with Crippen molar-refractivity contribution in [1.82, 2.24) is 10.3 Å². The minimum absolute atomic E-state index is 0.223. The summed E-state index contributed by atoms with van der Waals surface area (Å²) in [5.41, 5.74) is 3.07. The Hall–Kier alpha value is -2.66. The van der Waals surface area contributed by atoms with E-state index >= 15 is 0 Å². The molecule has 0 aliphatic carbocycles. The number of anilines is 1. The third-order valence-electron chi connectivity index (χ3n) is 3.58. The molecule has 2 amide bonds. The average molecular weight is 337 g/mol. The van der Waals surface area contributed by atoms with Crippen LogP contribution in [-0.2, 0) is 13.0 Å². The highest BCUT2D eigenvalue weighted by molar-refractivity contribution is 7.11. The first kappa shape index (κ1) is 16.2. The molecule has 1 aromatic heterocycles. The van der Waals surface area contributed by atoms with E-state index in [1.165, 1.54) is 10.4 Å². The van der Waals surface area contributed by atoms with Gasteiger partial charge in [0.1, 0.15) is 5.01 Å². The fourth-order valence-corrected chi connectivity index (χ4v) is 3.41. The number of para-hydroxylation sites is 1. The van der Waals surface area contributed by atoms with Crippen LogP contribution in [0.4, 0.5) is 10.5 Å². The van der Waals surface area contributed by atoms with Gasteiger partial charge in [-0.3, -0.25) is 0 Å². The maximum Gasteiger partial charge on any atom is 0.319 e. The van der Waals surface area contributed by atoms with E-state index in [9.17, 15) is 4.79 Å². The maximum atomic E-state index is 11.9. The Labute approximate surface area is 145 Å². The Balaban J connectivity index is 1.56. The van der Waals surface area contributed by atoms with Crippen molar-refractivity contribution in [2.24, 2.45) is 0 Å². The highest BCUT2D eigenvalue weighted by Gasteiger charge is 2.09. The highest BCUT2D eigenvalue weighted by atomic mass is 32.1. The minimum atomic E-state index is -0.223. The number of nitrogens with zero attached hydrogens (tertiary/aromatic N) is 1. The zero-order chi connectivity index (χ0) is 16.8. The molecule has 24 heavy (non-hydrogen) atoms. The molecule has 3 rings (SSSR count). The first-order chi connectivity index (χ1) is 11.7. The molecule has 0 radical (unpaired) electrons. The fourth-order valence-electron chi connectivity index (χ4n) is 2.36. The fraction of sp³-hybridized carbons (Fsp3) is 0.158. The van der Waals surface area contributed by atoms with Crippen molar-refractivity contribution in [3.8, 4) is 0 Å². The van der Waals surface area contributed by atoms with Crippen LogP contribution in [0.5, 0.6) is 0 Å². The molecule has 0 spiro atoms. The Morgan fingerprint density at radius 3 is 2.42 bits per heavy atom. The van der Waals surface area contributed by atoms with Crippen molar-refractivity contribution in [2.45, 2.75) is 19.9 Å². The molecule has 5 heteroatoms. The molecule has 4 nitrogen and oxygen atoms in total. The summed E-state index contributed by atoms with van der Waals surface area (Å²) >= 11 is 1.65. The zero-order valence-electron chi connectivity index (χ0n) is 13.5. The molecule has 1 heterocycles. The summed E-state index contributed by atoms with van der Waals surface area (Å²) in [6.07, 6.45) is 0.876. The van der Waals surface area contributed by atoms with Gasteiger partial charge in [-0.1, -0.05) is 48.5 Å². The first-order valence-corrected chi connectivity index (χ1v) is 8.61. The highest BCUT2D eigenvalue weighted by Crippen LogP contribution is 2.21. The van der Waals surface area contributed by atoms with Crippen LogP contribution >= 0.6 is 11.3 Å². The molecule has 3 aromatic rings. The van der Waals surface area contributed by atoms with Crippen molar-refractivity contribution in [1.29, 1.82) is 0 Å². The monoisotopic (exact) mass is 337 g/mol. The topological polar surface area (TPSA) is 54.0 Å². The number of hydrogen-bond donors (Lipinski definition) is 2. The van der Waals surface area contributed by atoms with E-state index in [2.05, 4.69) is 27.8 Å². The Morgan fingerprint density at radius 1 is 1.04 bits per heavy atom. The van der Waals surface area contributed by atoms with Gasteiger partial charge in [0, 0.05) is 17.0 Å². The predicted molar refractivity (Wildman–Crippen MR) is 98.4 cm³/mol. The van der Waals surface area contributed by atoms with E-state index in [-0.39, 0.29) is 6.03 Å². The number of carbonyl (C=O) groups excluding carboxylic acids is 1. The van der Waals surface area contributed by atoms with Gasteiger partial charge in [0.2, 0.25) is 0 Å². The summed E-state index contributed by atoms with van der Waals surface area (Å²) in [4.78, 5) is 17.7. The van der Waals surface area contributed by atoms with Gasteiger partial charge in [-0.05, 0) is 24.6 Å². The van der Waals surface area contributed by atoms with Gasteiger partial charge in [-0.2, -0.15) is 0 Å². The quantitative estimate of drug-likeness (QED) is 0.726. The molecule has 0 aliphatic rings. The standard InChI is InChI=1S/C19H19N3OS/c1-14-17(12-15-8-4-2-5-9-15)24-18(21-14)13-20-19(23)22-16-10-6-3-7-11-16/h2-11H,12-13H2,1H3,(H2,20,22,23). The number of thiazole rings is 1. The van der Waals surface area contributed by atoms with E-state index in [1.54, 1.807) is 11.3 Å². The van der Waals surface area contributed by atoms with Crippen LogP contribution in [0.25, 0.3) is 0 Å². The van der Waals surface area contributed by atoms with Crippen LogP contribution in [0.1, 0.15) is 21.1 Å². The number of carbonyl (C=O) groups is 1. The van der Waals surface area contributed by atoms with Crippen molar-refractivity contribution < 1.29 is 4.79 Å². The molecule has 0 atom stereocenters. The Kier molecular flexibility index (Phi) is 5.23. The van der Waals surface area contributed by atoms with Gasteiger partial charge in [0.25, 0.3) is 0 Å². The zero-order valence-corrected chi connectivity index (χ0v) is 14.3. The summed E-state index contributed by atoms with van der Waals surface area (Å²) in [5.74, 6) is 0. The number of urea groups is 1. The van der Waals surface area contributed by atoms with Gasteiger partial charge < -0.3 is 10.6 Å². The second-order valence-electron chi connectivity index (χ2n) is 5.45. The maximum absolute atomic E-state index is 11.9. The second-order valence-corrected chi connectivity index (χ2v) is 6.62. The average Bonchev–Trinajstić information content (AvgIpc) is 2.95. The Bertz CT molecular complexity index is 800. The first-order valence-electron chi connectivity index (χ1n) is 7.80. The second kappa shape index (κ2) is 7.75. The lowest BCUT2D eigenvalue weighted by Gasteiger charge is -2.05. The van der Waals surface area contributed by atoms with Gasteiger partial charge in [0.15, 0.2) is 0 Å². The van der Waals surface area contributed by atoms with Gasteiger partial charge >= 0.3 is 6.03 Å². The van der Waals surface area contributed by atoms with Crippen LogP contribution in [0.2, 0.25) is 0 Å². The van der Waals surface area contributed by atoms with Gasteiger partial charge in [-0.25, -0.2) is 9.78 Å². The van der Waals surface area contributed by atoms with Crippen LogP contribution < -0.4 is 10.6 Å². The van der Waals surface area contributed by atoms with E-state index < -0.39 is 0 Å². The molecule has 0 saturated carbocycles. The summed E-state index contributed by atoms with van der Waals surface area (Å²) < 4.78 is 0. The van der Waals surface area contributed by atoms with E-state index in [4.69, 9.17) is 0 Å². The van der Waals surface area contributed by atoms with Crippen LogP contribution in [-0.4, -0.2) is 11.0 Å².